The predicted octanol–water partition coefficient (Wildman–Crippen LogP) is 6.14. The van der Waals surface area contributed by atoms with Gasteiger partial charge in [-0.25, -0.2) is 0 Å². The molecule has 2 heteroatoms. The second-order valence-electron chi connectivity index (χ2n) is 6.65. The second kappa shape index (κ2) is 6.66. The van der Waals surface area contributed by atoms with Gasteiger partial charge in [-0.1, -0.05) is 67.6 Å². The van der Waals surface area contributed by atoms with Crippen LogP contribution in [-0.2, 0) is 11.8 Å². The molecule has 0 nitrogen and oxygen atoms in total. The number of aryl methyl sites for hydroxylation is 1. The van der Waals surface area contributed by atoms with Gasteiger partial charge in [0.2, 0.25) is 0 Å². The number of allylic oxidation sites excluding steroid dienone is 1. The van der Waals surface area contributed by atoms with E-state index in [4.69, 9.17) is 0 Å². The van der Waals surface area contributed by atoms with Crippen molar-refractivity contribution in [3.05, 3.63) is 83.4 Å². The normalized spacial score (nSPS) is 23.4. The monoisotopic (exact) mass is 312 g/mol. The lowest BCUT2D eigenvalue weighted by Crippen LogP contribution is -2.42. The summed E-state index contributed by atoms with van der Waals surface area (Å²) in [5.74, 6) is 0.0221. The zero-order chi connectivity index (χ0) is 16.3. The first-order chi connectivity index (χ1) is 11.1. The number of halogens is 2. The highest BCUT2D eigenvalue weighted by molar-refractivity contribution is 5.43. The highest BCUT2D eigenvalue weighted by Crippen LogP contribution is 2.55. The Hall–Kier alpha value is -1.96. The van der Waals surface area contributed by atoms with Crippen molar-refractivity contribution in [3.8, 4) is 0 Å². The molecule has 0 aliphatic heterocycles. The standard InChI is InChI=1S/C21H22F2/c1-21(18-13-6-3-7-14-18)15-17(19(21)20(22)23)12-8-11-16-9-4-2-5-10-16/h2-7,9-10,13-14,17H,8,11-12,15H2,1H3. The van der Waals surface area contributed by atoms with Gasteiger partial charge in [-0.3, -0.25) is 0 Å². The van der Waals surface area contributed by atoms with Crippen LogP contribution in [0.15, 0.2) is 72.3 Å². The molecule has 1 aliphatic rings. The molecule has 0 radical (unpaired) electrons. The third kappa shape index (κ3) is 3.21. The minimum Gasteiger partial charge on any atom is -0.173 e. The molecule has 23 heavy (non-hydrogen) atoms. The average Bonchev–Trinajstić information content (AvgIpc) is 2.55. The Morgan fingerprint density at radius 2 is 1.61 bits per heavy atom. The third-order valence-electron chi connectivity index (χ3n) is 5.13. The summed E-state index contributed by atoms with van der Waals surface area (Å²) in [6.45, 7) is 1.95. The van der Waals surface area contributed by atoms with E-state index in [0.29, 0.717) is 5.57 Å². The van der Waals surface area contributed by atoms with Crippen molar-refractivity contribution in [1.29, 1.82) is 0 Å². The van der Waals surface area contributed by atoms with Crippen LogP contribution in [-0.4, -0.2) is 0 Å². The van der Waals surface area contributed by atoms with E-state index in [9.17, 15) is 8.78 Å². The van der Waals surface area contributed by atoms with Crippen LogP contribution in [0.2, 0.25) is 0 Å². The molecule has 0 N–H and O–H groups in total. The van der Waals surface area contributed by atoms with Crippen LogP contribution in [0.5, 0.6) is 0 Å². The lowest BCUT2D eigenvalue weighted by atomic mass is 9.55. The average molecular weight is 312 g/mol. The number of rotatable bonds is 5. The van der Waals surface area contributed by atoms with Crippen molar-refractivity contribution >= 4 is 0 Å². The molecular weight excluding hydrogens is 290 g/mol. The maximum Gasteiger partial charge on any atom is 0.270 e. The van der Waals surface area contributed by atoms with Gasteiger partial charge >= 0.3 is 0 Å². The Bertz CT molecular complexity index is 672. The van der Waals surface area contributed by atoms with Gasteiger partial charge in [-0.2, -0.15) is 8.78 Å². The minimum absolute atomic E-state index is 0.0221. The van der Waals surface area contributed by atoms with Crippen LogP contribution in [0.4, 0.5) is 8.78 Å². The molecule has 3 rings (SSSR count). The molecule has 2 unspecified atom stereocenters. The molecule has 0 saturated heterocycles. The maximum atomic E-state index is 13.5. The van der Waals surface area contributed by atoms with E-state index in [-0.39, 0.29) is 5.92 Å². The summed E-state index contributed by atoms with van der Waals surface area (Å²) in [5, 5.41) is 0. The van der Waals surface area contributed by atoms with E-state index < -0.39 is 11.5 Å². The van der Waals surface area contributed by atoms with Crippen LogP contribution in [0, 0.1) is 5.92 Å². The van der Waals surface area contributed by atoms with Gasteiger partial charge in [0.15, 0.2) is 0 Å². The first-order valence-electron chi connectivity index (χ1n) is 8.26. The van der Waals surface area contributed by atoms with Crippen LogP contribution in [0.3, 0.4) is 0 Å². The van der Waals surface area contributed by atoms with E-state index in [1.54, 1.807) is 0 Å². The fourth-order valence-electron chi connectivity index (χ4n) is 3.91. The summed E-state index contributed by atoms with van der Waals surface area (Å²) in [4.78, 5) is 0. The smallest absolute Gasteiger partial charge is 0.173 e. The van der Waals surface area contributed by atoms with Crippen LogP contribution >= 0.6 is 0 Å². The molecule has 0 amide bonds. The maximum absolute atomic E-state index is 13.5. The number of hydrogen-bond donors (Lipinski definition) is 0. The van der Waals surface area contributed by atoms with Crippen molar-refractivity contribution in [1.82, 2.24) is 0 Å². The molecular formula is C21H22F2. The SMILES string of the molecule is CC1(c2ccccc2)CC(CCCc2ccccc2)C1=C(F)F. The van der Waals surface area contributed by atoms with Crippen LogP contribution in [0.1, 0.15) is 37.3 Å². The predicted molar refractivity (Wildman–Crippen MR) is 90.5 cm³/mol. The molecule has 2 aromatic rings. The summed E-state index contributed by atoms with van der Waals surface area (Å²) in [6.07, 6.45) is 2.09. The highest BCUT2D eigenvalue weighted by atomic mass is 19.3. The Balaban J connectivity index is 1.66. The molecule has 0 spiro atoms. The summed E-state index contributed by atoms with van der Waals surface area (Å²) < 4.78 is 27.1. The first kappa shape index (κ1) is 15.9. The fourth-order valence-corrected chi connectivity index (χ4v) is 3.91. The molecule has 0 aromatic heterocycles. The number of benzene rings is 2. The van der Waals surface area contributed by atoms with E-state index in [1.807, 2.05) is 55.5 Å². The Morgan fingerprint density at radius 3 is 2.22 bits per heavy atom. The van der Waals surface area contributed by atoms with E-state index in [2.05, 4.69) is 12.1 Å². The molecule has 1 saturated carbocycles. The molecule has 120 valence electrons. The summed E-state index contributed by atoms with van der Waals surface area (Å²) >= 11 is 0. The van der Waals surface area contributed by atoms with Crippen molar-refractivity contribution < 1.29 is 8.78 Å². The van der Waals surface area contributed by atoms with Crippen molar-refractivity contribution in [3.63, 3.8) is 0 Å². The Labute approximate surface area is 136 Å². The molecule has 0 bridgehead atoms. The van der Waals surface area contributed by atoms with Crippen LogP contribution in [0.25, 0.3) is 0 Å². The zero-order valence-electron chi connectivity index (χ0n) is 13.4. The second-order valence-corrected chi connectivity index (χ2v) is 6.65. The fraction of sp³-hybridized carbons (Fsp3) is 0.333. The van der Waals surface area contributed by atoms with Gasteiger partial charge in [-0.15, -0.1) is 0 Å². The van der Waals surface area contributed by atoms with Gasteiger partial charge in [-0.05, 0) is 42.7 Å². The van der Waals surface area contributed by atoms with Gasteiger partial charge in [0, 0.05) is 11.0 Å². The minimum atomic E-state index is -1.48. The van der Waals surface area contributed by atoms with E-state index in [0.717, 1.165) is 31.2 Å². The molecule has 0 heterocycles. The molecule has 1 fully saturated rings. The zero-order valence-corrected chi connectivity index (χ0v) is 13.4. The van der Waals surface area contributed by atoms with Crippen molar-refractivity contribution in [2.45, 2.75) is 38.0 Å². The summed E-state index contributed by atoms with van der Waals surface area (Å²) in [6, 6.07) is 20.0. The number of hydrogen-bond acceptors (Lipinski definition) is 0. The van der Waals surface area contributed by atoms with E-state index in [1.165, 1.54) is 5.56 Å². The third-order valence-corrected chi connectivity index (χ3v) is 5.13. The van der Waals surface area contributed by atoms with Gasteiger partial charge in [0.1, 0.15) is 0 Å². The van der Waals surface area contributed by atoms with Gasteiger partial charge < -0.3 is 0 Å². The van der Waals surface area contributed by atoms with Crippen molar-refractivity contribution in [2.24, 2.45) is 5.92 Å². The lowest BCUT2D eigenvalue weighted by molar-refractivity contribution is 0.225. The Kier molecular flexibility index (Phi) is 4.61. The molecule has 2 atom stereocenters. The van der Waals surface area contributed by atoms with E-state index >= 15 is 0 Å². The van der Waals surface area contributed by atoms with Crippen LogP contribution < -0.4 is 0 Å². The van der Waals surface area contributed by atoms with Gasteiger partial charge in [0.05, 0.1) is 0 Å². The topological polar surface area (TPSA) is 0 Å². The summed E-state index contributed by atoms with van der Waals surface area (Å²) in [5.41, 5.74) is 2.15. The quantitative estimate of drug-likeness (QED) is 0.622. The first-order valence-corrected chi connectivity index (χ1v) is 8.26. The highest BCUT2D eigenvalue weighted by Gasteiger charge is 2.48. The largest absolute Gasteiger partial charge is 0.270 e. The Morgan fingerprint density at radius 1 is 1.00 bits per heavy atom. The van der Waals surface area contributed by atoms with Gasteiger partial charge in [0.25, 0.3) is 6.08 Å². The summed E-state index contributed by atoms with van der Waals surface area (Å²) in [7, 11) is 0. The van der Waals surface area contributed by atoms with Crippen molar-refractivity contribution in [2.75, 3.05) is 0 Å². The molecule has 1 aliphatic carbocycles. The molecule has 2 aromatic carbocycles. The lowest BCUT2D eigenvalue weighted by Gasteiger charge is -2.48.